The monoisotopic (exact) mass is 571 g/mol. The molecule has 0 radical (unpaired) electrons. The molecule has 42 heavy (non-hydrogen) atoms. The molecule has 11 heteroatoms. The molecule has 0 bridgehead atoms. The van der Waals surface area contributed by atoms with Crippen molar-refractivity contribution in [3.05, 3.63) is 95.9 Å². The Labute approximate surface area is 240 Å². The Kier molecular flexibility index (Phi) is 7.24. The summed E-state index contributed by atoms with van der Waals surface area (Å²) in [5.41, 5.74) is 3.03. The van der Waals surface area contributed by atoms with Gasteiger partial charge in [0.15, 0.2) is 0 Å². The van der Waals surface area contributed by atoms with Crippen LogP contribution in [0.2, 0.25) is 0 Å². The van der Waals surface area contributed by atoms with Crippen LogP contribution in [0.25, 0.3) is 22.2 Å². The maximum Gasteiger partial charge on any atom is 0.416 e. The standard InChI is InChI=1S/C31H28F3N7O/c1-19-13-26(39-28(14-19)40-27-16-23(9-11-36-27)31(32,33)34)22-6-7-29(37-17-22)41-12-2-3-24(18-41)38-30(42)21-5-4-20-8-10-35-25(20)15-21/h4-11,13-17,24,35H,2-3,12,18H2,1H3,(H,38,42)(H,36,39,40). The predicted molar refractivity (Wildman–Crippen MR) is 156 cm³/mol. The molecule has 214 valence electrons. The summed E-state index contributed by atoms with van der Waals surface area (Å²) in [7, 11) is 0. The number of benzene rings is 1. The van der Waals surface area contributed by atoms with E-state index >= 15 is 0 Å². The average molecular weight is 572 g/mol. The summed E-state index contributed by atoms with van der Waals surface area (Å²) < 4.78 is 39.3. The number of carbonyl (C=O) groups is 1. The summed E-state index contributed by atoms with van der Waals surface area (Å²) in [6.45, 7) is 3.35. The SMILES string of the molecule is Cc1cc(Nc2cc(C(F)(F)F)ccn2)nc(-c2ccc(N3CCCC(NC(=O)c4ccc5cc[nH]c5c4)C3)nc2)c1. The number of halogens is 3. The minimum Gasteiger partial charge on any atom is -0.361 e. The second kappa shape index (κ2) is 11.2. The lowest BCUT2D eigenvalue weighted by molar-refractivity contribution is -0.137. The number of pyridine rings is 3. The fourth-order valence-corrected chi connectivity index (χ4v) is 5.17. The van der Waals surface area contributed by atoms with E-state index in [1.54, 1.807) is 12.3 Å². The zero-order chi connectivity index (χ0) is 29.3. The number of nitrogens with zero attached hydrogens (tertiary/aromatic N) is 4. The molecule has 1 aromatic carbocycles. The van der Waals surface area contributed by atoms with Crippen LogP contribution in [0.15, 0.2) is 79.3 Å². The van der Waals surface area contributed by atoms with Crippen LogP contribution in [-0.4, -0.2) is 45.0 Å². The molecule has 1 aliphatic rings. The van der Waals surface area contributed by atoms with Gasteiger partial charge in [-0.3, -0.25) is 4.79 Å². The Morgan fingerprint density at radius 2 is 1.90 bits per heavy atom. The number of piperidine rings is 1. The van der Waals surface area contributed by atoms with Gasteiger partial charge in [0.1, 0.15) is 17.5 Å². The van der Waals surface area contributed by atoms with Crippen molar-refractivity contribution in [2.45, 2.75) is 32.0 Å². The summed E-state index contributed by atoms with van der Waals surface area (Å²) >= 11 is 0. The Balaban J connectivity index is 1.13. The Hall–Kier alpha value is -4.93. The summed E-state index contributed by atoms with van der Waals surface area (Å²) in [4.78, 5) is 31.5. The molecule has 1 amide bonds. The number of amides is 1. The van der Waals surface area contributed by atoms with Gasteiger partial charge in [-0.1, -0.05) is 6.07 Å². The van der Waals surface area contributed by atoms with E-state index in [-0.39, 0.29) is 17.8 Å². The van der Waals surface area contributed by atoms with Gasteiger partial charge in [0.25, 0.3) is 5.91 Å². The highest BCUT2D eigenvalue weighted by molar-refractivity contribution is 5.98. The summed E-state index contributed by atoms with van der Waals surface area (Å²) in [5, 5.41) is 7.11. The number of aryl methyl sites for hydroxylation is 1. The van der Waals surface area contributed by atoms with E-state index in [1.807, 2.05) is 55.6 Å². The molecule has 1 unspecified atom stereocenters. The lowest BCUT2D eigenvalue weighted by atomic mass is 10.0. The highest BCUT2D eigenvalue weighted by Gasteiger charge is 2.30. The molecule has 1 atom stereocenters. The van der Waals surface area contributed by atoms with Crippen LogP contribution in [0.1, 0.15) is 34.3 Å². The molecular formula is C31H28F3N7O. The zero-order valence-electron chi connectivity index (χ0n) is 22.7. The number of hydrogen-bond donors (Lipinski definition) is 3. The fourth-order valence-electron chi connectivity index (χ4n) is 5.17. The molecule has 1 aliphatic heterocycles. The molecule has 5 heterocycles. The van der Waals surface area contributed by atoms with E-state index in [9.17, 15) is 18.0 Å². The molecular weight excluding hydrogens is 543 g/mol. The topological polar surface area (TPSA) is 98.8 Å². The maximum absolute atomic E-state index is 13.1. The Morgan fingerprint density at radius 1 is 1.02 bits per heavy atom. The predicted octanol–water partition coefficient (Wildman–Crippen LogP) is 6.49. The smallest absolute Gasteiger partial charge is 0.361 e. The van der Waals surface area contributed by atoms with Crippen molar-refractivity contribution < 1.29 is 18.0 Å². The normalized spacial score (nSPS) is 15.5. The first-order chi connectivity index (χ1) is 20.2. The summed E-state index contributed by atoms with van der Waals surface area (Å²) in [6.07, 6.45) is 2.04. The minimum absolute atomic E-state index is 0.0106. The third-order valence-electron chi connectivity index (χ3n) is 7.25. The Morgan fingerprint density at radius 3 is 2.71 bits per heavy atom. The number of H-pyrrole nitrogens is 1. The zero-order valence-corrected chi connectivity index (χ0v) is 22.7. The third-order valence-corrected chi connectivity index (χ3v) is 7.25. The van der Waals surface area contributed by atoms with E-state index in [1.165, 1.54) is 0 Å². The fraction of sp³-hybridized carbons (Fsp3) is 0.226. The molecule has 3 N–H and O–H groups in total. The number of hydrogen-bond acceptors (Lipinski definition) is 6. The molecule has 4 aromatic heterocycles. The second-order valence-corrected chi connectivity index (χ2v) is 10.4. The molecule has 0 saturated carbocycles. The number of aromatic amines is 1. The number of anilines is 3. The molecule has 1 fully saturated rings. The number of alkyl halides is 3. The van der Waals surface area contributed by atoms with E-state index < -0.39 is 11.7 Å². The van der Waals surface area contributed by atoms with Gasteiger partial charge in [-0.15, -0.1) is 0 Å². The van der Waals surface area contributed by atoms with Gasteiger partial charge in [0.05, 0.1) is 11.3 Å². The quantitative estimate of drug-likeness (QED) is 0.216. The first-order valence-electron chi connectivity index (χ1n) is 13.6. The second-order valence-electron chi connectivity index (χ2n) is 10.4. The minimum atomic E-state index is -4.46. The van der Waals surface area contributed by atoms with Gasteiger partial charge >= 0.3 is 6.18 Å². The van der Waals surface area contributed by atoms with Gasteiger partial charge < -0.3 is 20.5 Å². The van der Waals surface area contributed by atoms with Crippen LogP contribution < -0.4 is 15.5 Å². The number of nitrogens with one attached hydrogen (secondary N) is 3. The van der Waals surface area contributed by atoms with Gasteiger partial charge in [0.2, 0.25) is 0 Å². The molecule has 1 saturated heterocycles. The van der Waals surface area contributed by atoms with E-state index in [0.717, 1.165) is 65.6 Å². The largest absolute Gasteiger partial charge is 0.416 e. The van der Waals surface area contributed by atoms with Crippen molar-refractivity contribution in [3.8, 4) is 11.3 Å². The third kappa shape index (κ3) is 6.04. The highest BCUT2D eigenvalue weighted by Crippen LogP contribution is 2.31. The Bertz CT molecular complexity index is 1730. The number of carbonyl (C=O) groups excluding carboxylic acids is 1. The molecule has 0 spiro atoms. The van der Waals surface area contributed by atoms with Crippen molar-refractivity contribution >= 4 is 34.3 Å². The van der Waals surface area contributed by atoms with Crippen LogP contribution in [-0.2, 0) is 6.18 Å². The van der Waals surface area contributed by atoms with Crippen LogP contribution in [0.4, 0.5) is 30.6 Å². The lowest BCUT2D eigenvalue weighted by Gasteiger charge is -2.34. The van der Waals surface area contributed by atoms with E-state index in [0.29, 0.717) is 23.6 Å². The van der Waals surface area contributed by atoms with Crippen molar-refractivity contribution in [3.63, 3.8) is 0 Å². The first kappa shape index (κ1) is 27.3. The van der Waals surface area contributed by atoms with Crippen LogP contribution in [0, 0.1) is 6.92 Å². The van der Waals surface area contributed by atoms with Crippen molar-refractivity contribution in [2.75, 3.05) is 23.3 Å². The number of rotatable bonds is 6. The first-order valence-corrected chi connectivity index (χ1v) is 13.6. The van der Waals surface area contributed by atoms with Crippen LogP contribution >= 0.6 is 0 Å². The van der Waals surface area contributed by atoms with Crippen LogP contribution in [0.3, 0.4) is 0 Å². The number of fused-ring (bicyclic) bond motifs is 1. The van der Waals surface area contributed by atoms with Gasteiger partial charge in [-0.25, -0.2) is 15.0 Å². The highest BCUT2D eigenvalue weighted by atomic mass is 19.4. The summed E-state index contributed by atoms with van der Waals surface area (Å²) in [6, 6.07) is 16.9. The van der Waals surface area contributed by atoms with Crippen molar-refractivity contribution in [1.82, 2.24) is 25.3 Å². The molecule has 5 aromatic rings. The lowest BCUT2D eigenvalue weighted by Crippen LogP contribution is -2.48. The van der Waals surface area contributed by atoms with Gasteiger partial charge in [-0.05, 0) is 85.3 Å². The van der Waals surface area contributed by atoms with Crippen molar-refractivity contribution in [2.24, 2.45) is 0 Å². The molecule has 6 rings (SSSR count). The van der Waals surface area contributed by atoms with E-state index in [4.69, 9.17) is 0 Å². The van der Waals surface area contributed by atoms with Gasteiger partial charge in [0, 0.05) is 54.4 Å². The van der Waals surface area contributed by atoms with Crippen molar-refractivity contribution in [1.29, 1.82) is 0 Å². The molecule has 0 aliphatic carbocycles. The number of aromatic nitrogens is 4. The maximum atomic E-state index is 13.1. The average Bonchev–Trinajstić information content (AvgIpc) is 3.45. The van der Waals surface area contributed by atoms with E-state index in [2.05, 4.69) is 35.5 Å². The van der Waals surface area contributed by atoms with Crippen LogP contribution in [0.5, 0.6) is 0 Å². The van der Waals surface area contributed by atoms with Gasteiger partial charge in [-0.2, -0.15) is 13.2 Å². The molecule has 8 nitrogen and oxygen atoms in total. The summed E-state index contributed by atoms with van der Waals surface area (Å²) in [5.74, 6) is 1.13.